The molecule has 5 aromatic rings. The summed E-state index contributed by atoms with van der Waals surface area (Å²) in [5, 5.41) is 9.54. The molecular formula is C43H57N3S2. The highest BCUT2D eigenvalue weighted by atomic mass is 32.1. The maximum atomic E-state index is 4.42. The Bertz CT molecular complexity index is 1800. The molecule has 5 rings (SSSR count). The largest absolute Gasteiger partial charge is 0.387 e. The van der Waals surface area contributed by atoms with E-state index in [1.54, 1.807) is 11.3 Å². The van der Waals surface area contributed by atoms with Gasteiger partial charge in [-0.1, -0.05) is 116 Å². The molecular weight excluding hydrogens is 623 g/mol. The summed E-state index contributed by atoms with van der Waals surface area (Å²) >= 11 is 3.65. The van der Waals surface area contributed by atoms with Crippen LogP contribution in [0.25, 0.3) is 54.1 Å². The molecule has 48 heavy (non-hydrogen) atoms. The Morgan fingerprint density at radius 2 is 1.25 bits per heavy atom. The van der Waals surface area contributed by atoms with Gasteiger partial charge < -0.3 is 15.2 Å². The van der Waals surface area contributed by atoms with E-state index < -0.39 is 0 Å². The number of unbranched alkanes of at least 4 members (excludes halogenated alkanes) is 6. The smallest absolute Gasteiger partial charge is 0.0502 e. The molecule has 2 aromatic carbocycles. The minimum atomic E-state index is 0.409. The molecule has 0 bridgehead atoms. The van der Waals surface area contributed by atoms with Crippen LogP contribution in [0.15, 0.2) is 73.8 Å². The van der Waals surface area contributed by atoms with Crippen molar-refractivity contribution in [2.24, 2.45) is 5.92 Å². The van der Waals surface area contributed by atoms with Crippen LogP contribution in [-0.4, -0.2) is 18.2 Å². The first kappa shape index (κ1) is 36.0. The van der Waals surface area contributed by atoms with Crippen molar-refractivity contribution in [1.82, 2.24) is 15.2 Å². The third kappa shape index (κ3) is 8.47. The maximum absolute atomic E-state index is 4.42. The molecule has 0 aliphatic carbocycles. The fourth-order valence-electron chi connectivity index (χ4n) is 6.91. The lowest BCUT2D eigenvalue weighted by atomic mass is 9.99. The van der Waals surface area contributed by atoms with Gasteiger partial charge in [-0.05, 0) is 73.2 Å². The Balaban J connectivity index is 1.46. The number of rotatable bonds is 20. The number of benzene rings is 2. The Morgan fingerprint density at radius 3 is 1.81 bits per heavy atom. The molecule has 0 spiro atoms. The predicted octanol–water partition coefficient (Wildman–Crippen LogP) is 13.5. The lowest BCUT2D eigenvalue weighted by Crippen LogP contribution is -2.20. The monoisotopic (exact) mass is 679 g/mol. The zero-order valence-electron chi connectivity index (χ0n) is 30.1. The van der Waals surface area contributed by atoms with Crippen molar-refractivity contribution in [3.63, 3.8) is 0 Å². The summed E-state index contributed by atoms with van der Waals surface area (Å²) in [5.74, 6) is 0.707. The van der Waals surface area contributed by atoms with Crippen LogP contribution in [0.5, 0.6) is 0 Å². The van der Waals surface area contributed by atoms with Crippen LogP contribution >= 0.6 is 22.7 Å². The molecule has 0 radical (unpaired) electrons. The van der Waals surface area contributed by atoms with Crippen LogP contribution in [0, 0.1) is 5.92 Å². The molecule has 2 N–H and O–H groups in total. The van der Waals surface area contributed by atoms with Gasteiger partial charge in [0.15, 0.2) is 0 Å². The third-order valence-corrected chi connectivity index (χ3v) is 12.4. The highest BCUT2D eigenvalue weighted by Crippen LogP contribution is 2.40. The highest BCUT2D eigenvalue weighted by molar-refractivity contribution is 7.16. The first-order valence-electron chi connectivity index (χ1n) is 18.5. The number of fused-ring (bicyclic) bond motifs is 3. The number of hydrogen-bond acceptors (Lipinski definition) is 4. The zero-order valence-corrected chi connectivity index (χ0v) is 31.7. The minimum absolute atomic E-state index is 0.409. The van der Waals surface area contributed by atoms with Gasteiger partial charge >= 0.3 is 0 Å². The van der Waals surface area contributed by atoms with Gasteiger partial charge in [0, 0.05) is 62.6 Å². The molecule has 5 heteroatoms. The molecule has 3 nitrogen and oxygen atoms in total. The number of thiophene rings is 2. The lowest BCUT2D eigenvalue weighted by Gasteiger charge is -2.18. The molecule has 0 saturated heterocycles. The molecule has 0 aliphatic heterocycles. The summed E-state index contributed by atoms with van der Waals surface area (Å²) in [6, 6.07) is 23.5. The topological polar surface area (TPSA) is 29.0 Å². The van der Waals surface area contributed by atoms with Crippen molar-refractivity contribution in [3.8, 4) is 20.9 Å². The molecule has 2 unspecified atom stereocenters. The van der Waals surface area contributed by atoms with Crippen molar-refractivity contribution >= 4 is 55.9 Å². The fraction of sp³-hybridized carbons (Fsp3) is 0.442. The van der Waals surface area contributed by atoms with E-state index >= 15 is 0 Å². The van der Waals surface area contributed by atoms with E-state index in [1.807, 2.05) is 18.4 Å². The maximum Gasteiger partial charge on any atom is 0.0502 e. The summed E-state index contributed by atoms with van der Waals surface area (Å²) in [5.41, 5.74) is 7.24. The standard InChI is InChI=1S/C43H57N3S2/c1-8-11-13-14-15-16-17-30(4)46-38-27-34(42-25-23-40(47-42)31(5)44-7)19-21-36(38)37-22-20-35(28-39(37)46)43-26-24-41(48-43)32(6)45-29-33(10-3)18-12-9-2/h19-28,30,33,44-45H,5-6,8-18,29H2,1-4,7H3. The Labute approximate surface area is 298 Å². The van der Waals surface area contributed by atoms with E-state index in [1.165, 1.54) is 123 Å². The average molecular weight is 680 g/mol. The van der Waals surface area contributed by atoms with Gasteiger partial charge in [0.25, 0.3) is 0 Å². The van der Waals surface area contributed by atoms with Crippen LogP contribution in [-0.2, 0) is 0 Å². The average Bonchev–Trinajstić information content (AvgIpc) is 3.87. The Kier molecular flexibility index (Phi) is 13.1. The second-order valence-electron chi connectivity index (χ2n) is 13.6. The predicted molar refractivity (Wildman–Crippen MR) is 217 cm³/mol. The molecule has 0 aliphatic rings. The van der Waals surface area contributed by atoms with Crippen molar-refractivity contribution in [3.05, 3.63) is 83.6 Å². The van der Waals surface area contributed by atoms with Crippen molar-refractivity contribution in [2.75, 3.05) is 13.6 Å². The van der Waals surface area contributed by atoms with Crippen LogP contribution in [0.3, 0.4) is 0 Å². The Morgan fingerprint density at radius 1 is 0.688 bits per heavy atom. The van der Waals surface area contributed by atoms with Gasteiger partial charge in [-0.25, -0.2) is 0 Å². The molecule has 3 aromatic heterocycles. The van der Waals surface area contributed by atoms with Crippen molar-refractivity contribution in [1.29, 1.82) is 0 Å². The lowest BCUT2D eigenvalue weighted by molar-refractivity contribution is 0.443. The van der Waals surface area contributed by atoms with Crippen LogP contribution < -0.4 is 10.6 Å². The summed E-state index contributed by atoms with van der Waals surface area (Å²) in [7, 11) is 1.94. The number of aromatic nitrogens is 1. The summed E-state index contributed by atoms with van der Waals surface area (Å²) in [6.07, 6.45) is 14.2. The van der Waals surface area contributed by atoms with Crippen LogP contribution in [0.1, 0.15) is 114 Å². The van der Waals surface area contributed by atoms with Crippen molar-refractivity contribution < 1.29 is 0 Å². The zero-order chi connectivity index (χ0) is 34.0. The van der Waals surface area contributed by atoms with Crippen molar-refractivity contribution in [2.45, 2.75) is 104 Å². The van der Waals surface area contributed by atoms with Gasteiger partial charge in [-0.3, -0.25) is 0 Å². The number of hydrogen-bond donors (Lipinski definition) is 2. The highest BCUT2D eigenvalue weighted by Gasteiger charge is 2.18. The van der Waals surface area contributed by atoms with E-state index in [0.717, 1.165) is 17.9 Å². The molecule has 0 saturated carbocycles. The summed E-state index contributed by atoms with van der Waals surface area (Å²) in [4.78, 5) is 4.99. The Hall–Kier alpha value is -3.28. The second-order valence-corrected chi connectivity index (χ2v) is 15.7. The van der Waals surface area contributed by atoms with E-state index in [2.05, 4.69) is 117 Å². The normalized spacial score (nSPS) is 12.9. The first-order chi connectivity index (χ1) is 23.4. The minimum Gasteiger partial charge on any atom is -0.387 e. The van der Waals surface area contributed by atoms with E-state index in [0.29, 0.717) is 12.0 Å². The van der Waals surface area contributed by atoms with Gasteiger partial charge in [0.05, 0.1) is 9.75 Å². The van der Waals surface area contributed by atoms with Gasteiger partial charge in [0.2, 0.25) is 0 Å². The molecule has 2 atom stereocenters. The molecule has 3 heterocycles. The van der Waals surface area contributed by atoms with Gasteiger partial charge in [-0.2, -0.15) is 0 Å². The number of nitrogens with one attached hydrogen (secondary N) is 2. The molecule has 256 valence electrons. The molecule has 0 fully saturated rings. The van der Waals surface area contributed by atoms with E-state index in [4.69, 9.17) is 0 Å². The molecule has 0 amide bonds. The second kappa shape index (κ2) is 17.4. The quantitative estimate of drug-likeness (QED) is 0.0802. The first-order valence-corrected chi connectivity index (χ1v) is 20.1. The van der Waals surface area contributed by atoms with E-state index in [9.17, 15) is 0 Å². The number of nitrogens with zero attached hydrogens (tertiary/aromatic N) is 1. The van der Waals surface area contributed by atoms with Gasteiger partial charge in [0.1, 0.15) is 0 Å². The van der Waals surface area contributed by atoms with Gasteiger partial charge in [-0.15, -0.1) is 22.7 Å². The third-order valence-electron chi connectivity index (χ3n) is 10.0. The van der Waals surface area contributed by atoms with Crippen LogP contribution in [0.4, 0.5) is 0 Å². The summed E-state index contributed by atoms with van der Waals surface area (Å²) < 4.78 is 2.64. The van der Waals surface area contributed by atoms with Crippen LogP contribution in [0.2, 0.25) is 0 Å². The SMILES string of the molecule is C=C(NC)c1ccc(-c2ccc3c4ccc(-c5ccc(C(=C)NCC(CC)CCCC)s5)cc4n(C(C)CCCCCCCC)c3c2)s1. The summed E-state index contributed by atoms with van der Waals surface area (Å²) in [6.45, 7) is 18.9. The fourth-order valence-corrected chi connectivity index (χ4v) is 8.84. The van der Waals surface area contributed by atoms with E-state index in [-0.39, 0.29) is 0 Å².